The highest BCUT2D eigenvalue weighted by Gasteiger charge is 2.30. The van der Waals surface area contributed by atoms with E-state index in [-0.39, 0.29) is 0 Å². The number of rotatable bonds is 2. The average Bonchev–Trinajstić information content (AvgIpc) is 2.34. The Morgan fingerprint density at radius 3 is 2.69 bits per heavy atom. The van der Waals surface area contributed by atoms with E-state index in [1.807, 2.05) is 0 Å². The quantitative estimate of drug-likeness (QED) is 0.657. The molecule has 1 rings (SSSR count). The third-order valence-electron chi connectivity index (χ3n) is 1.61. The molecule has 0 radical (unpaired) electrons. The van der Waals surface area contributed by atoms with Crippen molar-refractivity contribution in [2.24, 2.45) is 0 Å². The van der Waals surface area contributed by atoms with Crippen molar-refractivity contribution < 1.29 is 13.6 Å². The lowest BCUT2D eigenvalue weighted by Gasteiger charge is -2.11. The lowest BCUT2D eigenvalue weighted by Crippen LogP contribution is -2.25. The summed E-state index contributed by atoms with van der Waals surface area (Å²) in [5.74, 6) is -4.16. The highest BCUT2D eigenvalue weighted by molar-refractivity contribution is 5.95. The number of nitrogens with zero attached hydrogens (tertiary/aromatic N) is 1. The zero-order valence-corrected chi connectivity index (χ0v) is 7.34. The van der Waals surface area contributed by atoms with Gasteiger partial charge in [-0.25, -0.2) is 0 Å². The van der Waals surface area contributed by atoms with Crippen LogP contribution in [0.4, 0.5) is 8.78 Å². The molecule has 72 valence electrons. The minimum absolute atomic E-state index is 0.353. The van der Waals surface area contributed by atoms with Crippen molar-refractivity contribution in [1.29, 1.82) is 0 Å². The molecule has 0 unspecified atom stereocenters. The normalized spacial score (nSPS) is 19.4. The first kappa shape index (κ1) is 9.70. The van der Waals surface area contributed by atoms with E-state index in [0.29, 0.717) is 12.7 Å². The summed E-state index contributed by atoms with van der Waals surface area (Å²) >= 11 is 0. The van der Waals surface area contributed by atoms with E-state index >= 15 is 0 Å². The lowest BCUT2D eigenvalue weighted by molar-refractivity contribution is -0.135. The van der Waals surface area contributed by atoms with E-state index in [1.54, 1.807) is 24.3 Å². The first-order chi connectivity index (χ1) is 5.91. The Kier molecular flexibility index (Phi) is 2.36. The molecular weight excluding hydrogens is 178 g/mol. The van der Waals surface area contributed by atoms with Crippen LogP contribution in [0.1, 0.15) is 6.92 Å². The fourth-order valence-electron chi connectivity index (χ4n) is 0.811. The van der Waals surface area contributed by atoms with Crippen LogP contribution in [-0.4, -0.2) is 23.7 Å². The molecule has 13 heavy (non-hydrogen) atoms. The zero-order valence-electron chi connectivity index (χ0n) is 7.34. The number of alkyl halides is 2. The second-order valence-electron chi connectivity index (χ2n) is 2.85. The van der Waals surface area contributed by atoms with Gasteiger partial charge < -0.3 is 10.2 Å². The maximum Gasteiger partial charge on any atom is 0.306 e. The Hall–Kier alpha value is -1.39. The topological polar surface area (TPSA) is 32.3 Å². The van der Waals surface area contributed by atoms with Crippen LogP contribution in [0.15, 0.2) is 24.3 Å². The molecule has 0 aromatic carbocycles. The number of halogens is 2. The van der Waals surface area contributed by atoms with Gasteiger partial charge in [-0.2, -0.15) is 8.78 Å². The Balaban J connectivity index is 2.73. The van der Waals surface area contributed by atoms with Crippen LogP contribution in [-0.2, 0) is 4.79 Å². The highest BCUT2D eigenvalue weighted by Crippen LogP contribution is 2.15. The lowest BCUT2D eigenvalue weighted by atomic mass is 10.2. The van der Waals surface area contributed by atoms with Crippen molar-refractivity contribution in [3.63, 3.8) is 0 Å². The molecule has 0 aromatic rings. The summed E-state index contributed by atoms with van der Waals surface area (Å²) in [4.78, 5) is 12.4. The van der Waals surface area contributed by atoms with Gasteiger partial charge in [0.1, 0.15) is 5.82 Å². The molecule has 0 aromatic heterocycles. The number of allylic oxidation sites excluding steroid dienone is 1. The molecule has 0 saturated heterocycles. The van der Waals surface area contributed by atoms with Gasteiger partial charge in [-0.05, 0) is 0 Å². The zero-order chi connectivity index (χ0) is 10.1. The van der Waals surface area contributed by atoms with Gasteiger partial charge in [-0.3, -0.25) is 4.79 Å². The van der Waals surface area contributed by atoms with E-state index in [9.17, 15) is 13.6 Å². The molecule has 0 atom stereocenters. The molecule has 1 aliphatic rings. The summed E-state index contributed by atoms with van der Waals surface area (Å²) in [7, 11) is 1.66. The molecule has 0 fully saturated rings. The molecule has 0 aliphatic carbocycles. The molecule has 3 nitrogen and oxygen atoms in total. The minimum atomic E-state index is -3.31. The van der Waals surface area contributed by atoms with Crippen LogP contribution in [0.3, 0.4) is 0 Å². The minimum Gasteiger partial charge on any atom is -0.347 e. The molecular formula is C8H10F2N2O. The first-order valence-electron chi connectivity index (χ1n) is 3.71. The molecule has 1 N–H and O–H groups in total. The van der Waals surface area contributed by atoms with Gasteiger partial charge in [0.05, 0.1) is 0 Å². The number of hydrogen-bond donors (Lipinski definition) is 1. The van der Waals surface area contributed by atoms with Gasteiger partial charge in [0.2, 0.25) is 5.78 Å². The van der Waals surface area contributed by atoms with Crippen molar-refractivity contribution in [3.05, 3.63) is 24.3 Å². The van der Waals surface area contributed by atoms with Gasteiger partial charge in [-0.1, -0.05) is 0 Å². The predicted molar refractivity (Wildman–Crippen MR) is 43.7 cm³/mol. The van der Waals surface area contributed by atoms with Crippen LogP contribution in [0.25, 0.3) is 0 Å². The molecule has 1 aliphatic heterocycles. The van der Waals surface area contributed by atoms with Gasteiger partial charge in [0.25, 0.3) is 0 Å². The van der Waals surface area contributed by atoms with Crippen LogP contribution in [0.2, 0.25) is 0 Å². The molecule has 0 bridgehead atoms. The van der Waals surface area contributed by atoms with Crippen molar-refractivity contribution >= 4 is 5.78 Å². The summed E-state index contributed by atoms with van der Waals surface area (Å²) in [6, 6.07) is 0. The summed E-state index contributed by atoms with van der Waals surface area (Å²) < 4.78 is 24.9. The summed E-state index contributed by atoms with van der Waals surface area (Å²) in [6.45, 7) is 0.578. The summed E-state index contributed by atoms with van der Waals surface area (Å²) in [5.41, 5.74) is 0. The second-order valence-corrected chi connectivity index (χ2v) is 2.85. The molecule has 0 spiro atoms. The van der Waals surface area contributed by atoms with Crippen LogP contribution in [0, 0.1) is 0 Å². The Labute approximate surface area is 74.7 Å². The fraction of sp³-hybridized carbons (Fsp3) is 0.375. The average molecular weight is 188 g/mol. The van der Waals surface area contributed by atoms with Crippen molar-refractivity contribution in [1.82, 2.24) is 10.2 Å². The molecule has 5 heteroatoms. The van der Waals surface area contributed by atoms with E-state index < -0.39 is 11.7 Å². The maximum atomic E-state index is 12.4. The number of carbonyl (C=O) groups is 1. The third-order valence-corrected chi connectivity index (χ3v) is 1.61. The second kappa shape index (κ2) is 3.16. The van der Waals surface area contributed by atoms with E-state index in [2.05, 4.69) is 5.32 Å². The number of carbonyl (C=O) groups excluding carboxylic acids is 1. The van der Waals surface area contributed by atoms with E-state index in [0.717, 1.165) is 6.08 Å². The Morgan fingerprint density at radius 1 is 1.69 bits per heavy atom. The maximum absolute atomic E-state index is 12.4. The van der Waals surface area contributed by atoms with E-state index in [1.165, 1.54) is 0 Å². The van der Waals surface area contributed by atoms with E-state index in [4.69, 9.17) is 0 Å². The van der Waals surface area contributed by atoms with Gasteiger partial charge in [0.15, 0.2) is 0 Å². The van der Waals surface area contributed by atoms with Crippen molar-refractivity contribution in [2.75, 3.05) is 7.05 Å². The Bertz CT molecular complexity index is 278. The first-order valence-corrected chi connectivity index (χ1v) is 3.71. The SMILES string of the molecule is CN1C=CN/C1=C\C(=O)C(C)(F)F. The molecule has 0 amide bonds. The largest absolute Gasteiger partial charge is 0.347 e. The Morgan fingerprint density at radius 2 is 2.31 bits per heavy atom. The monoisotopic (exact) mass is 188 g/mol. The third kappa shape index (κ3) is 2.27. The van der Waals surface area contributed by atoms with Crippen LogP contribution in [0.5, 0.6) is 0 Å². The van der Waals surface area contributed by atoms with Crippen LogP contribution < -0.4 is 5.32 Å². The fourth-order valence-corrected chi connectivity index (χ4v) is 0.811. The van der Waals surface area contributed by atoms with Gasteiger partial charge >= 0.3 is 5.92 Å². The smallest absolute Gasteiger partial charge is 0.306 e. The number of hydrogen-bond acceptors (Lipinski definition) is 3. The number of ketones is 1. The van der Waals surface area contributed by atoms with Gasteiger partial charge in [0, 0.05) is 32.4 Å². The van der Waals surface area contributed by atoms with Crippen LogP contribution >= 0.6 is 0 Å². The van der Waals surface area contributed by atoms with Gasteiger partial charge in [-0.15, -0.1) is 0 Å². The summed E-state index contributed by atoms with van der Waals surface area (Å²) in [5, 5.41) is 2.66. The van der Waals surface area contributed by atoms with Crippen molar-refractivity contribution in [2.45, 2.75) is 12.8 Å². The predicted octanol–water partition coefficient (Wildman–Crippen LogP) is 1.06. The molecule has 0 saturated carbocycles. The van der Waals surface area contributed by atoms with Crippen molar-refractivity contribution in [3.8, 4) is 0 Å². The summed E-state index contributed by atoms with van der Waals surface area (Å²) in [6.07, 6.45) is 4.08. The molecule has 1 heterocycles. The standard InChI is InChI=1S/C8H10F2N2O/c1-8(9,10)6(13)5-7-11-3-4-12(7)2/h3-5,11H,1-2H3/b7-5+. The number of nitrogens with one attached hydrogen (secondary N) is 1. The highest BCUT2D eigenvalue weighted by atomic mass is 19.3.